The smallest absolute Gasteiger partial charge is 0.134 e. The van der Waals surface area contributed by atoms with Crippen molar-refractivity contribution in [2.75, 3.05) is 0 Å². The summed E-state index contributed by atoms with van der Waals surface area (Å²) in [5.74, 6) is 1.59. The van der Waals surface area contributed by atoms with Gasteiger partial charge in [-0.1, -0.05) is 55.7 Å². The number of nitrogens with two attached hydrogens (primary N) is 1. The van der Waals surface area contributed by atoms with E-state index >= 15 is 0 Å². The van der Waals surface area contributed by atoms with Gasteiger partial charge in [-0.25, -0.2) is 0 Å². The molecule has 0 spiro atoms. The Morgan fingerprint density at radius 1 is 0.921 bits per heavy atom. The van der Waals surface area contributed by atoms with Crippen LogP contribution in [0.5, 0.6) is 0 Å². The summed E-state index contributed by atoms with van der Waals surface area (Å²) in [5.41, 5.74) is 10.8. The number of benzene rings is 2. The first-order valence-corrected chi connectivity index (χ1v) is 14.8. The second-order valence-electron chi connectivity index (χ2n) is 12.0. The number of ketones is 1. The molecule has 4 nitrogen and oxygen atoms in total. The Morgan fingerprint density at radius 3 is 2.53 bits per heavy atom. The van der Waals surface area contributed by atoms with E-state index in [0.29, 0.717) is 30.6 Å². The molecule has 2 saturated carbocycles. The fourth-order valence-electron chi connectivity index (χ4n) is 7.06. The van der Waals surface area contributed by atoms with E-state index < -0.39 is 0 Å². The number of hydrogen-bond acceptors (Lipinski definition) is 3. The van der Waals surface area contributed by atoms with Crippen molar-refractivity contribution in [1.82, 2.24) is 9.55 Å². The minimum Gasteiger partial charge on any atom is -0.347 e. The molecule has 2 N–H and O–H groups in total. The van der Waals surface area contributed by atoms with Gasteiger partial charge in [0.05, 0.1) is 5.52 Å². The number of pyridine rings is 1. The Hall–Kier alpha value is -2.98. The largest absolute Gasteiger partial charge is 0.347 e. The third kappa shape index (κ3) is 5.56. The van der Waals surface area contributed by atoms with Crippen LogP contribution in [0.3, 0.4) is 0 Å². The van der Waals surface area contributed by atoms with Gasteiger partial charge in [0.2, 0.25) is 0 Å². The summed E-state index contributed by atoms with van der Waals surface area (Å²) in [6.07, 6.45) is 16.5. The zero-order valence-electron chi connectivity index (χ0n) is 22.5. The van der Waals surface area contributed by atoms with Crippen molar-refractivity contribution in [3.05, 3.63) is 78.1 Å². The number of carbonyl (C=O) groups excluding carboxylic acids is 1. The normalized spacial score (nSPS) is 21.6. The Bertz CT molecular complexity index is 1390. The number of carbonyl (C=O) groups is 1. The maximum Gasteiger partial charge on any atom is 0.134 e. The topological polar surface area (TPSA) is 60.9 Å². The molecule has 0 saturated heterocycles. The summed E-state index contributed by atoms with van der Waals surface area (Å²) in [4.78, 5) is 18.4. The predicted octanol–water partition coefficient (Wildman–Crippen LogP) is 7.77. The van der Waals surface area contributed by atoms with Crippen LogP contribution in [0.2, 0.25) is 0 Å². The molecule has 0 bridgehead atoms. The van der Waals surface area contributed by atoms with Gasteiger partial charge in [-0.3, -0.25) is 9.78 Å². The van der Waals surface area contributed by atoms with Gasteiger partial charge in [0.1, 0.15) is 5.78 Å². The molecule has 198 valence electrons. The van der Waals surface area contributed by atoms with Crippen LogP contribution >= 0.6 is 0 Å². The van der Waals surface area contributed by atoms with Crippen LogP contribution < -0.4 is 5.73 Å². The highest BCUT2D eigenvalue weighted by Gasteiger charge is 2.27. The van der Waals surface area contributed by atoms with E-state index in [9.17, 15) is 4.79 Å². The van der Waals surface area contributed by atoms with Crippen LogP contribution in [0.1, 0.15) is 87.7 Å². The maximum atomic E-state index is 13.6. The minimum atomic E-state index is 0.00274. The lowest BCUT2D eigenvalue weighted by Crippen LogP contribution is -2.27. The highest BCUT2D eigenvalue weighted by Crippen LogP contribution is 2.38. The molecule has 1 atom stereocenters. The number of para-hydroxylation sites is 2. The molecule has 4 aromatic rings. The van der Waals surface area contributed by atoms with Crippen molar-refractivity contribution in [2.24, 2.45) is 17.6 Å². The Kier molecular flexibility index (Phi) is 7.60. The van der Waals surface area contributed by atoms with Gasteiger partial charge in [-0.15, -0.1) is 0 Å². The molecule has 2 fully saturated rings. The van der Waals surface area contributed by atoms with Crippen LogP contribution in [0.15, 0.2) is 67.0 Å². The number of Topliss-reactive ketones (excluding diaryl/α,β-unsaturated/α-hetero) is 1. The SMILES string of the molecule is NC1CCC(CC(=O)CC(c2cnc3ccccc3c2)c2cn(CC3CCCCC3)c3ccccc23)CC1. The van der Waals surface area contributed by atoms with Gasteiger partial charge in [0, 0.05) is 60.0 Å². The van der Waals surface area contributed by atoms with Crippen molar-refractivity contribution in [3.8, 4) is 0 Å². The molecule has 4 heteroatoms. The van der Waals surface area contributed by atoms with E-state index in [2.05, 4.69) is 59.3 Å². The summed E-state index contributed by atoms with van der Waals surface area (Å²) >= 11 is 0. The number of aromatic nitrogens is 2. The average Bonchev–Trinajstić information content (AvgIpc) is 3.31. The van der Waals surface area contributed by atoms with Gasteiger partial charge in [-0.2, -0.15) is 0 Å². The van der Waals surface area contributed by atoms with Crippen molar-refractivity contribution >= 4 is 27.6 Å². The Morgan fingerprint density at radius 2 is 1.68 bits per heavy atom. The third-order valence-electron chi connectivity index (χ3n) is 9.23. The second-order valence-corrected chi connectivity index (χ2v) is 12.0. The van der Waals surface area contributed by atoms with Crippen molar-refractivity contribution in [2.45, 2.75) is 89.1 Å². The molecule has 38 heavy (non-hydrogen) atoms. The van der Waals surface area contributed by atoms with E-state index in [1.807, 2.05) is 12.3 Å². The van der Waals surface area contributed by atoms with Crippen LogP contribution in [0.25, 0.3) is 21.8 Å². The summed E-state index contributed by atoms with van der Waals surface area (Å²) in [6, 6.07) is 19.6. The highest BCUT2D eigenvalue weighted by molar-refractivity contribution is 5.88. The molecule has 2 aliphatic carbocycles. The standard InChI is InChI=1S/C34H41N3O/c35-28-16-14-24(15-17-28)18-29(38)20-31(27-19-26-10-4-6-12-33(26)36-21-27)32-23-37(22-25-8-2-1-3-9-25)34-13-7-5-11-30(32)34/h4-7,10-13,19,21,23-25,28,31H,1-3,8-9,14-18,20,22,35H2. The average molecular weight is 508 g/mol. The summed E-state index contributed by atoms with van der Waals surface area (Å²) in [7, 11) is 0. The third-order valence-corrected chi connectivity index (χ3v) is 9.23. The Labute approximate surface area is 226 Å². The number of hydrogen-bond donors (Lipinski definition) is 1. The van der Waals surface area contributed by atoms with Crippen molar-refractivity contribution in [1.29, 1.82) is 0 Å². The van der Waals surface area contributed by atoms with Crippen LogP contribution in [-0.4, -0.2) is 21.4 Å². The fraction of sp³-hybridized carbons (Fsp3) is 0.471. The number of rotatable bonds is 8. The predicted molar refractivity (Wildman–Crippen MR) is 156 cm³/mol. The van der Waals surface area contributed by atoms with Crippen LogP contribution in [0.4, 0.5) is 0 Å². The van der Waals surface area contributed by atoms with Crippen molar-refractivity contribution in [3.63, 3.8) is 0 Å². The molecule has 2 aromatic heterocycles. The van der Waals surface area contributed by atoms with E-state index in [1.54, 1.807) is 0 Å². The number of nitrogens with zero attached hydrogens (tertiary/aromatic N) is 2. The highest BCUT2D eigenvalue weighted by atomic mass is 16.1. The first-order chi connectivity index (χ1) is 18.6. The molecular weight excluding hydrogens is 466 g/mol. The minimum absolute atomic E-state index is 0.00274. The summed E-state index contributed by atoms with van der Waals surface area (Å²) in [5, 5.41) is 2.41. The first kappa shape index (κ1) is 25.3. The molecule has 2 aliphatic rings. The molecule has 6 rings (SSSR count). The van der Waals surface area contributed by atoms with E-state index in [0.717, 1.165) is 54.6 Å². The molecule has 2 heterocycles. The molecule has 0 amide bonds. The lowest BCUT2D eigenvalue weighted by Gasteiger charge is -2.26. The molecule has 1 unspecified atom stereocenters. The summed E-state index contributed by atoms with van der Waals surface area (Å²) in [6.45, 7) is 1.07. The fourth-order valence-corrected chi connectivity index (χ4v) is 7.06. The lowest BCUT2D eigenvalue weighted by molar-refractivity contribution is -0.120. The van der Waals surface area contributed by atoms with Gasteiger partial charge < -0.3 is 10.3 Å². The first-order valence-electron chi connectivity index (χ1n) is 14.8. The molecule has 0 radical (unpaired) electrons. The molecular formula is C34H41N3O. The molecule has 0 aliphatic heterocycles. The second kappa shape index (κ2) is 11.4. The quantitative estimate of drug-likeness (QED) is 0.265. The molecule has 2 aromatic carbocycles. The Balaban J connectivity index is 1.35. The zero-order valence-corrected chi connectivity index (χ0v) is 22.5. The van der Waals surface area contributed by atoms with Crippen LogP contribution in [0, 0.1) is 11.8 Å². The lowest BCUT2D eigenvalue weighted by atomic mass is 9.80. The zero-order chi connectivity index (χ0) is 25.9. The van der Waals surface area contributed by atoms with Gasteiger partial charge in [0.25, 0.3) is 0 Å². The monoisotopic (exact) mass is 507 g/mol. The van der Waals surface area contributed by atoms with Gasteiger partial charge in [-0.05, 0) is 79.7 Å². The van der Waals surface area contributed by atoms with Crippen LogP contribution in [-0.2, 0) is 11.3 Å². The van der Waals surface area contributed by atoms with Gasteiger partial charge in [0.15, 0.2) is 0 Å². The summed E-state index contributed by atoms with van der Waals surface area (Å²) < 4.78 is 2.48. The van der Waals surface area contributed by atoms with E-state index in [4.69, 9.17) is 10.7 Å². The van der Waals surface area contributed by atoms with E-state index in [-0.39, 0.29) is 5.92 Å². The van der Waals surface area contributed by atoms with E-state index in [1.165, 1.54) is 48.6 Å². The van der Waals surface area contributed by atoms with Gasteiger partial charge >= 0.3 is 0 Å². The van der Waals surface area contributed by atoms with Crippen molar-refractivity contribution < 1.29 is 4.79 Å². The maximum absolute atomic E-state index is 13.6. The number of fused-ring (bicyclic) bond motifs is 2.